The van der Waals surface area contributed by atoms with Crippen molar-refractivity contribution in [2.75, 3.05) is 6.54 Å². The third kappa shape index (κ3) is 2.75. The highest BCUT2D eigenvalue weighted by Gasteiger charge is 2.29. The van der Waals surface area contributed by atoms with Gasteiger partial charge in [0, 0.05) is 19.3 Å². The number of hydrogen-bond acceptors (Lipinski definition) is 4. The van der Waals surface area contributed by atoms with Crippen LogP contribution in [-0.4, -0.2) is 27.3 Å². The minimum Gasteiger partial charge on any atom is -0.368 e. The summed E-state index contributed by atoms with van der Waals surface area (Å²) in [4.78, 5) is 22.1. The van der Waals surface area contributed by atoms with Gasteiger partial charge < -0.3 is 5.73 Å². The number of amides is 1. The van der Waals surface area contributed by atoms with E-state index in [-0.39, 0.29) is 5.82 Å². The summed E-state index contributed by atoms with van der Waals surface area (Å²) < 4.78 is 13.0. The lowest BCUT2D eigenvalue weighted by molar-refractivity contribution is -0.123. The average Bonchev–Trinajstić information content (AvgIpc) is 2.49. The minimum atomic E-state index is -0.575. The van der Waals surface area contributed by atoms with Gasteiger partial charge in [-0.05, 0) is 29.7 Å². The minimum absolute atomic E-state index is 0.335. The maximum atomic E-state index is 13.0. The van der Waals surface area contributed by atoms with Crippen LogP contribution in [0, 0.1) is 5.82 Å². The van der Waals surface area contributed by atoms with Crippen LogP contribution < -0.4 is 5.73 Å². The van der Waals surface area contributed by atoms with Crippen molar-refractivity contribution in [3.63, 3.8) is 0 Å². The molecule has 2 heterocycles. The number of aromatic nitrogens is 2. The van der Waals surface area contributed by atoms with Gasteiger partial charge in [-0.15, -0.1) is 0 Å². The number of primary amides is 1. The Bertz CT molecular complexity index is 659. The molecule has 1 aliphatic rings. The molecule has 0 saturated heterocycles. The Morgan fingerprint density at radius 1 is 1.33 bits per heavy atom. The van der Waals surface area contributed by atoms with Crippen molar-refractivity contribution in [3.05, 3.63) is 59.4 Å². The highest BCUT2D eigenvalue weighted by atomic mass is 19.1. The Labute approximate surface area is 121 Å². The number of hydrogen-bond donors (Lipinski definition) is 1. The second kappa shape index (κ2) is 5.57. The summed E-state index contributed by atoms with van der Waals surface area (Å²) in [6.07, 6.45) is 4.07. The first-order valence-corrected chi connectivity index (χ1v) is 6.72. The molecule has 0 saturated carbocycles. The summed E-state index contributed by atoms with van der Waals surface area (Å²) in [5, 5.41) is 0. The van der Waals surface area contributed by atoms with Crippen LogP contribution in [0.5, 0.6) is 0 Å². The van der Waals surface area contributed by atoms with E-state index in [2.05, 4.69) is 9.97 Å². The SMILES string of the molecule is NC(=O)[C@@H](c1ccc(F)cc1)N1CCc2cncnc2C1. The lowest BCUT2D eigenvalue weighted by atomic mass is 10.00. The number of nitrogens with zero attached hydrogens (tertiary/aromatic N) is 3. The van der Waals surface area contributed by atoms with Crippen molar-refractivity contribution in [1.29, 1.82) is 0 Å². The van der Waals surface area contributed by atoms with Crippen molar-refractivity contribution < 1.29 is 9.18 Å². The third-order valence-electron chi connectivity index (χ3n) is 3.72. The summed E-state index contributed by atoms with van der Waals surface area (Å²) in [5.74, 6) is -0.780. The van der Waals surface area contributed by atoms with Crippen molar-refractivity contribution in [1.82, 2.24) is 14.9 Å². The first-order chi connectivity index (χ1) is 10.1. The van der Waals surface area contributed by atoms with E-state index >= 15 is 0 Å². The van der Waals surface area contributed by atoms with E-state index in [1.54, 1.807) is 18.3 Å². The number of fused-ring (bicyclic) bond motifs is 1. The van der Waals surface area contributed by atoms with E-state index in [1.807, 2.05) is 4.90 Å². The summed E-state index contributed by atoms with van der Waals surface area (Å²) in [6.45, 7) is 1.22. The molecule has 1 amide bonds. The van der Waals surface area contributed by atoms with Crippen molar-refractivity contribution in [2.45, 2.75) is 19.0 Å². The molecule has 3 rings (SSSR count). The smallest absolute Gasteiger partial charge is 0.239 e. The van der Waals surface area contributed by atoms with Crippen LogP contribution in [0.4, 0.5) is 4.39 Å². The molecule has 0 fully saturated rings. The monoisotopic (exact) mass is 286 g/mol. The van der Waals surface area contributed by atoms with Crippen LogP contribution in [0.1, 0.15) is 22.9 Å². The molecule has 6 heteroatoms. The zero-order valence-corrected chi connectivity index (χ0v) is 11.4. The second-order valence-electron chi connectivity index (χ2n) is 5.07. The molecular weight excluding hydrogens is 271 g/mol. The van der Waals surface area contributed by atoms with Crippen LogP contribution in [0.3, 0.4) is 0 Å². The van der Waals surface area contributed by atoms with E-state index in [9.17, 15) is 9.18 Å². The van der Waals surface area contributed by atoms with E-state index in [4.69, 9.17) is 5.73 Å². The standard InChI is InChI=1S/C15H15FN4O/c16-12-3-1-10(2-4-12)14(15(17)21)20-6-5-11-7-18-9-19-13(11)8-20/h1-4,7,9,14H,5-6,8H2,(H2,17,21)/t14-/m1/s1. The normalized spacial score (nSPS) is 16.2. The first-order valence-electron chi connectivity index (χ1n) is 6.72. The van der Waals surface area contributed by atoms with Crippen molar-refractivity contribution in [2.24, 2.45) is 5.73 Å². The van der Waals surface area contributed by atoms with Gasteiger partial charge in [0.2, 0.25) is 5.91 Å². The zero-order chi connectivity index (χ0) is 14.8. The van der Waals surface area contributed by atoms with Gasteiger partial charge in [0.1, 0.15) is 18.2 Å². The van der Waals surface area contributed by atoms with Gasteiger partial charge >= 0.3 is 0 Å². The molecule has 5 nitrogen and oxygen atoms in total. The number of benzene rings is 1. The van der Waals surface area contributed by atoms with E-state index in [1.165, 1.54) is 18.5 Å². The predicted molar refractivity (Wildman–Crippen MR) is 74.5 cm³/mol. The van der Waals surface area contributed by atoms with Gasteiger partial charge in [-0.1, -0.05) is 12.1 Å². The van der Waals surface area contributed by atoms with Crippen LogP contribution in [-0.2, 0) is 17.8 Å². The molecule has 0 radical (unpaired) electrons. The molecule has 1 aromatic carbocycles. The molecule has 108 valence electrons. The lowest BCUT2D eigenvalue weighted by Gasteiger charge is -2.33. The van der Waals surface area contributed by atoms with Gasteiger partial charge in [-0.25, -0.2) is 14.4 Å². The molecular formula is C15H15FN4O. The molecule has 0 unspecified atom stereocenters. The number of carbonyl (C=O) groups excluding carboxylic acids is 1. The number of carbonyl (C=O) groups is 1. The van der Waals surface area contributed by atoms with E-state index < -0.39 is 11.9 Å². The molecule has 1 atom stereocenters. The number of nitrogens with two attached hydrogens (primary N) is 1. The molecule has 1 aliphatic heterocycles. The maximum absolute atomic E-state index is 13.0. The van der Waals surface area contributed by atoms with Gasteiger partial charge in [0.15, 0.2) is 0 Å². The average molecular weight is 286 g/mol. The summed E-state index contributed by atoms with van der Waals surface area (Å²) in [7, 11) is 0. The molecule has 2 N–H and O–H groups in total. The Morgan fingerprint density at radius 2 is 2.10 bits per heavy atom. The Morgan fingerprint density at radius 3 is 2.81 bits per heavy atom. The van der Waals surface area contributed by atoms with Gasteiger partial charge in [0.25, 0.3) is 0 Å². The molecule has 0 bridgehead atoms. The quantitative estimate of drug-likeness (QED) is 0.920. The fraction of sp³-hybridized carbons (Fsp3) is 0.267. The van der Waals surface area contributed by atoms with Crippen molar-refractivity contribution >= 4 is 5.91 Å². The van der Waals surface area contributed by atoms with E-state index in [0.717, 1.165) is 17.7 Å². The molecule has 0 spiro atoms. The molecule has 21 heavy (non-hydrogen) atoms. The van der Waals surface area contributed by atoms with Crippen LogP contribution in [0.25, 0.3) is 0 Å². The highest BCUT2D eigenvalue weighted by Crippen LogP contribution is 2.26. The lowest BCUT2D eigenvalue weighted by Crippen LogP contribution is -2.41. The summed E-state index contributed by atoms with van der Waals surface area (Å²) in [6, 6.07) is 5.30. The zero-order valence-electron chi connectivity index (χ0n) is 11.4. The number of rotatable bonds is 3. The molecule has 0 aliphatic carbocycles. The first kappa shape index (κ1) is 13.6. The fourth-order valence-electron chi connectivity index (χ4n) is 2.69. The maximum Gasteiger partial charge on any atom is 0.239 e. The Hall–Kier alpha value is -2.34. The summed E-state index contributed by atoms with van der Waals surface area (Å²) in [5.41, 5.74) is 8.25. The van der Waals surface area contributed by atoms with Crippen LogP contribution in [0.2, 0.25) is 0 Å². The Kier molecular flexibility index (Phi) is 3.62. The van der Waals surface area contributed by atoms with Gasteiger partial charge in [-0.3, -0.25) is 9.69 Å². The topological polar surface area (TPSA) is 72.1 Å². The fourth-order valence-corrected chi connectivity index (χ4v) is 2.69. The van der Waals surface area contributed by atoms with Crippen LogP contribution in [0.15, 0.2) is 36.8 Å². The predicted octanol–water partition coefficient (Wildman–Crippen LogP) is 1.20. The number of halogens is 1. The molecule has 1 aromatic heterocycles. The second-order valence-corrected chi connectivity index (χ2v) is 5.07. The van der Waals surface area contributed by atoms with Crippen LogP contribution >= 0.6 is 0 Å². The Balaban J connectivity index is 1.89. The van der Waals surface area contributed by atoms with Gasteiger partial charge in [-0.2, -0.15) is 0 Å². The van der Waals surface area contributed by atoms with Gasteiger partial charge in [0.05, 0.1) is 5.69 Å². The molecule has 2 aromatic rings. The largest absolute Gasteiger partial charge is 0.368 e. The summed E-state index contributed by atoms with van der Waals surface area (Å²) >= 11 is 0. The van der Waals surface area contributed by atoms with Crippen molar-refractivity contribution in [3.8, 4) is 0 Å². The van der Waals surface area contributed by atoms with E-state index in [0.29, 0.717) is 18.7 Å². The highest BCUT2D eigenvalue weighted by molar-refractivity contribution is 5.81. The third-order valence-corrected chi connectivity index (χ3v) is 3.72.